The fourth-order valence-corrected chi connectivity index (χ4v) is 3.44. The minimum absolute atomic E-state index is 0.211. The second-order valence-corrected chi connectivity index (χ2v) is 6.99. The number of hydrogen-bond acceptors (Lipinski definition) is 3. The van der Waals surface area contributed by atoms with Gasteiger partial charge in [-0.2, -0.15) is 0 Å². The molecule has 0 spiro atoms. The Morgan fingerprint density at radius 3 is 2.54 bits per heavy atom. The average molecular weight is 405 g/mol. The molecule has 0 aliphatic rings. The molecule has 7 heteroatoms. The number of carboxylic acid groups (broad SMARTS) is 1. The second kappa shape index (κ2) is 7.58. The zero-order valence-electron chi connectivity index (χ0n) is 13.7. The summed E-state index contributed by atoms with van der Waals surface area (Å²) in [5.74, 6) is -0.965. The molecule has 0 fully saturated rings. The van der Waals surface area contributed by atoms with Crippen LogP contribution < -0.4 is 0 Å². The Labute approximate surface area is 166 Å². The maximum absolute atomic E-state index is 11.0. The Kier molecular flexibility index (Phi) is 5.41. The van der Waals surface area contributed by atoms with E-state index in [0.717, 1.165) is 5.56 Å². The number of aliphatic carboxylic acids is 1. The summed E-state index contributed by atoms with van der Waals surface area (Å²) < 4.78 is 0. The molecule has 4 nitrogen and oxygen atoms in total. The summed E-state index contributed by atoms with van der Waals surface area (Å²) in [4.78, 5) is 17.6. The summed E-state index contributed by atoms with van der Waals surface area (Å²) in [6, 6.07) is 14.8. The van der Waals surface area contributed by atoms with Crippen molar-refractivity contribution in [3.8, 4) is 11.3 Å². The lowest BCUT2D eigenvalue weighted by atomic mass is 10.0. The fourth-order valence-electron chi connectivity index (χ4n) is 2.67. The van der Waals surface area contributed by atoms with Gasteiger partial charge < -0.3 is 10.0 Å². The first kappa shape index (κ1) is 18.6. The van der Waals surface area contributed by atoms with Gasteiger partial charge in [-0.15, -0.1) is 0 Å². The summed E-state index contributed by atoms with van der Waals surface area (Å²) in [5, 5.41) is 10.6. The van der Waals surface area contributed by atoms with E-state index in [2.05, 4.69) is 4.98 Å². The summed E-state index contributed by atoms with van der Waals surface area (Å²) in [6.07, 6.45) is 0. The summed E-state index contributed by atoms with van der Waals surface area (Å²) in [6.45, 7) is -0.211. The van der Waals surface area contributed by atoms with Gasteiger partial charge in [-0.05, 0) is 18.2 Å². The van der Waals surface area contributed by atoms with Crippen LogP contribution in [0.3, 0.4) is 0 Å². The number of nitrogens with zero attached hydrogens (tertiary/aromatic N) is 2. The van der Waals surface area contributed by atoms with E-state index in [1.165, 1.54) is 4.90 Å². The highest BCUT2D eigenvalue weighted by Gasteiger charge is 2.18. The highest BCUT2D eigenvalue weighted by Crippen LogP contribution is 2.32. The van der Waals surface area contributed by atoms with Crippen molar-refractivity contribution in [1.82, 2.24) is 9.88 Å². The molecule has 3 aromatic rings. The lowest BCUT2D eigenvalue weighted by Gasteiger charge is -2.20. The highest BCUT2D eigenvalue weighted by atomic mass is 35.5. The van der Waals surface area contributed by atoms with Crippen LogP contribution in [0.4, 0.5) is 0 Å². The minimum atomic E-state index is -0.965. The first-order valence-corrected chi connectivity index (χ1v) is 8.85. The third-order valence-electron chi connectivity index (χ3n) is 3.85. The van der Waals surface area contributed by atoms with Crippen molar-refractivity contribution in [3.63, 3.8) is 0 Å². The molecule has 0 amide bonds. The molecule has 0 aliphatic heterocycles. The quantitative estimate of drug-likeness (QED) is 0.626. The van der Waals surface area contributed by atoms with Gasteiger partial charge in [0.25, 0.3) is 0 Å². The van der Waals surface area contributed by atoms with Gasteiger partial charge >= 0.3 is 5.97 Å². The lowest BCUT2D eigenvalue weighted by molar-refractivity contribution is -0.137. The molecule has 3 rings (SSSR count). The Hall–Kier alpha value is -2.21. The summed E-state index contributed by atoms with van der Waals surface area (Å²) in [7, 11) is 1.64. The second-order valence-electron chi connectivity index (χ2n) is 5.76. The van der Waals surface area contributed by atoms with Crippen molar-refractivity contribution < 1.29 is 9.90 Å². The van der Waals surface area contributed by atoms with E-state index in [1.54, 1.807) is 19.2 Å². The number of halogens is 2. The van der Waals surface area contributed by atoms with Crippen LogP contribution in [0.5, 0.6) is 0 Å². The van der Waals surface area contributed by atoms with Gasteiger partial charge in [-0.25, -0.2) is 4.98 Å². The van der Waals surface area contributed by atoms with Crippen molar-refractivity contribution in [2.24, 2.45) is 0 Å². The average Bonchev–Trinajstić information content (AvgIpc) is 2.60. The van der Waals surface area contributed by atoms with E-state index in [4.69, 9.17) is 40.5 Å². The van der Waals surface area contributed by atoms with E-state index in [0.29, 0.717) is 37.2 Å². The zero-order valence-corrected chi connectivity index (χ0v) is 16.1. The largest absolute Gasteiger partial charge is 0.480 e. The Bertz CT molecular complexity index is 1010. The number of pyridine rings is 1. The number of aromatic nitrogens is 1. The molecular weight excluding hydrogens is 391 g/mol. The van der Waals surface area contributed by atoms with Gasteiger partial charge in [-0.3, -0.25) is 4.79 Å². The number of fused-ring (bicyclic) bond motifs is 1. The Morgan fingerprint density at radius 1 is 1.19 bits per heavy atom. The third kappa shape index (κ3) is 3.80. The molecular formula is C19H14Cl2N2O2S. The SMILES string of the molecule is CN(CC(=O)O)C(=S)c1cc(-c2ccccc2)nc2c(Cl)cc(Cl)cc12. The van der Waals surface area contributed by atoms with Crippen LogP contribution in [-0.4, -0.2) is 39.5 Å². The standard InChI is InChI=1S/C19H14Cl2N2O2S/c1-23(10-17(24)25)19(26)14-9-16(11-5-3-2-4-6-11)22-18-13(14)7-12(20)8-15(18)21/h2-9H,10H2,1H3,(H,24,25). The van der Waals surface area contributed by atoms with Gasteiger partial charge in [0.2, 0.25) is 0 Å². The van der Waals surface area contributed by atoms with E-state index < -0.39 is 5.97 Å². The van der Waals surface area contributed by atoms with Crippen LogP contribution in [0.25, 0.3) is 22.2 Å². The van der Waals surface area contributed by atoms with Gasteiger partial charge in [-0.1, -0.05) is 65.8 Å². The van der Waals surface area contributed by atoms with Crippen molar-refractivity contribution in [2.45, 2.75) is 0 Å². The predicted octanol–water partition coefficient (Wildman–Crippen LogP) is 4.90. The number of carboxylic acids is 1. The maximum Gasteiger partial charge on any atom is 0.323 e. The first-order chi connectivity index (χ1) is 12.4. The smallest absolute Gasteiger partial charge is 0.323 e. The van der Waals surface area contributed by atoms with Crippen LogP contribution in [0.1, 0.15) is 5.56 Å². The number of hydrogen-bond donors (Lipinski definition) is 1. The number of likely N-dealkylation sites (N-methyl/N-ethyl adjacent to an activating group) is 1. The van der Waals surface area contributed by atoms with E-state index in [9.17, 15) is 4.79 Å². The van der Waals surface area contributed by atoms with E-state index >= 15 is 0 Å². The molecule has 26 heavy (non-hydrogen) atoms. The summed E-state index contributed by atoms with van der Waals surface area (Å²) >= 11 is 18.1. The van der Waals surface area contributed by atoms with Gasteiger partial charge in [0.15, 0.2) is 0 Å². The van der Waals surface area contributed by atoms with Crippen molar-refractivity contribution in [3.05, 3.63) is 64.1 Å². The van der Waals surface area contributed by atoms with Crippen LogP contribution >= 0.6 is 35.4 Å². The minimum Gasteiger partial charge on any atom is -0.480 e. The van der Waals surface area contributed by atoms with Crippen molar-refractivity contribution in [1.29, 1.82) is 0 Å². The molecule has 132 valence electrons. The maximum atomic E-state index is 11.0. The molecule has 0 saturated heterocycles. The van der Waals surface area contributed by atoms with E-state index in [1.807, 2.05) is 36.4 Å². The molecule has 1 N–H and O–H groups in total. The molecule has 1 heterocycles. The molecule has 2 aromatic carbocycles. The topological polar surface area (TPSA) is 53.4 Å². The normalized spacial score (nSPS) is 10.7. The molecule has 1 aromatic heterocycles. The van der Waals surface area contributed by atoms with Gasteiger partial charge in [0, 0.05) is 28.6 Å². The number of rotatable bonds is 4. The fraction of sp³-hybridized carbons (Fsp3) is 0.105. The van der Waals surface area contributed by atoms with Crippen molar-refractivity contribution in [2.75, 3.05) is 13.6 Å². The summed E-state index contributed by atoms with van der Waals surface area (Å²) in [5.41, 5.74) is 2.84. The monoisotopic (exact) mass is 404 g/mol. The molecule has 0 unspecified atom stereocenters. The molecule has 0 bridgehead atoms. The predicted molar refractivity (Wildman–Crippen MR) is 109 cm³/mol. The van der Waals surface area contributed by atoms with Crippen molar-refractivity contribution >= 4 is 57.3 Å². The van der Waals surface area contributed by atoms with Crippen LogP contribution in [0.15, 0.2) is 48.5 Å². The van der Waals surface area contributed by atoms with Crippen LogP contribution in [-0.2, 0) is 4.79 Å². The first-order valence-electron chi connectivity index (χ1n) is 7.69. The zero-order chi connectivity index (χ0) is 18.8. The number of benzene rings is 2. The Balaban J connectivity index is 2.25. The van der Waals surface area contributed by atoms with Crippen LogP contribution in [0.2, 0.25) is 10.0 Å². The molecule has 0 atom stereocenters. The van der Waals surface area contributed by atoms with E-state index in [-0.39, 0.29) is 6.54 Å². The molecule has 0 aliphatic carbocycles. The highest BCUT2D eigenvalue weighted by molar-refractivity contribution is 7.80. The molecule has 0 radical (unpaired) electrons. The van der Waals surface area contributed by atoms with Gasteiger partial charge in [0.1, 0.15) is 11.5 Å². The third-order valence-corrected chi connectivity index (χ3v) is 4.89. The lowest BCUT2D eigenvalue weighted by Crippen LogP contribution is -2.31. The van der Waals surface area contributed by atoms with Crippen LogP contribution in [0, 0.1) is 0 Å². The Morgan fingerprint density at radius 2 is 1.88 bits per heavy atom. The number of thiocarbonyl (C=S) groups is 1. The molecule has 0 saturated carbocycles. The number of carbonyl (C=O) groups is 1. The van der Waals surface area contributed by atoms with Gasteiger partial charge in [0.05, 0.1) is 16.2 Å².